The van der Waals surface area contributed by atoms with E-state index in [1.165, 1.54) is 66.6 Å². The molecule has 0 bridgehead atoms. The van der Waals surface area contributed by atoms with Crippen LogP contribution in [0.25, 0.3) is 5.57 Å². The number of fused-ring (bicyclic) bond motifs is 6. The molecule has 3 atom stereocenters. The maximum absolute atomic E-state index is 3.40. The third kappa shape index (κ3) is 7.21. The summed E-state index contributed by atoms with van der Waals surface area (Å²) in [7, 11) is 0. The van der Waals surface area contributed by atoms with Crippen LogP contribution in [-0.2, 0) is 30.7 Å². The van der Waals surface area contributed by atoms with Crippen molar-refractivity contribution in [1.29, 1.82) is 0 Å². The van der Waals surface area contributed by atoms with E-state index in [-0.39, 0.29) is 29.1 Å². The zero-order chi connectivity index (χ0) is 36.4. The molecule has 2 aromatic rings. The Hall–Kier alpha value is -2.24. The van der Waals surface area contributed by atoms with E-state index in [9.17, 15) is 0 Å². The minimum Gasteiger partial charge on any atom is -0.358 e. The molecule has 0 spiro atoms. The predicted molar refractivity (Wildman–Crippen MR) is 217 cm³/mol. The first-order chi connectivity index (χ1) is 23.0. The maximum Gasteiger partial charge on any atom is -0.171 e. The molecule has 1 fully saturated rings. The van der Waals surface area contributed by atoms with E-state index in [2.05, 4.69) is 148 Å². The summed E-state index contributed by atoms with van der Waals surface area (Å²) in [5.74, 6) is 2.83. The van der Waals surface area contributed by atoms with E-state index in [0.717, 1.165) is 6.42 Å². The van der Waals surface area contributed by atoms with E-state index in [4.69, 9.17) is 0 Å². The molecular formula is C49H66Zr-4. The molecule has 1 saturated carbocycles. The zero-order valence-electron chi connectivity index (χ0n) is 33.9. The van der Waals surface area contributed by atoms with Crippen LogP contribution in [-0.4, -0.2) is 4.21 Å². The Kier molecular flexibility index (Phi) is 13.7. The summed E-state index contributed by atoms with van der Waals surface area (Å²) < 4.78 is 3.34. The fraction of sp³-hybridized carbons (Fsp3) is 0.490. The molecule has 3 unspecified atom stereocenters. The molecule has 50 heavy (non-hydrogen) atoms. The van der Waals surface area contributed by atoms with Gasteiger partial charge in [0, 0.05) is 0 Å². The second-order valence-electron chi connectivity index (χ2n) is 17.4. The summed E-state index contributed by atoms with van der Waals surface area (Å²) in [5, 5.41) is 0. The third-order valence-electron chi connectivity index (χ3n) is 13.7. The van der Waals surface area contributed by atoms with Crippen LogP contribution in [0.2, 0.25) is 0 Å². The van der Waals surface area contributed by atoms with Gasteiger partial charge in [-0.2, -0.15) is 59.2 Å². The fourth-order valence-corrected chi connectivity index (χ4v) is 9.36. The molecule has 0 nitrogen and oxygen atoms in total. The minimum absolute atomic E-state index is 0. The summed E-state index contributed by atoms with van der Waals surface area (Å²) in [4.78, 5) is 0. The van der Waals surface area contributed by atoms with Crippen molar-refractivity contribution in [1.82, 2.24) is 0 Å². The van der Waals surface area contributed by atoms with Gasteiger partial charge in [-0.15, -0.1) is 6.92 Å². The van der Waals surface area contributed by atoms with Gasteiger partial charge in [-0.05, 0) is 40.6 Å². The van der Waals surface area contributed by atoms with Gasteiger partial charge in [-0.3, -0.25) is 6.08 Å². The Morgan fingerprint density at radius 2 is 1.56 bits per heavy atom. The number of hydrogen-bond donors (Lipinski definition) is 0. The van der Waals surface area contributed by atoms with Crippen LogP contribution in [0, 0.1) is 64.4 Å². The molecule has 0 radical (unpaired) electrons. The summed E-state index contributed by atoms with van der Waals surface area (Å²) in [6.07, 6.45) is 18.9. The molecule has 270 valence electrons. The summed E-state index contributed by atoms with van der Waals surface area (Å²) in [6, 6.07) is 21.7. The van der Waals surface area contributed by atoms with Gasteiger partial charge < -0.3 is 7.43 Å². The Morgan fingerprint density at radius 1 is 0.920 bits per heavy atom. The number of allylic oxidation sites excluding steroid dienone is 10. The van der Waals surface area contributed by atoms with Crippen molar-refractivity contribution in [3.05, 3.63) is 138 Å². The molecule has 0 aromatic heterocycles. The first kappa shape index (κ1) is 42.2. The van der Waals surface area contributed by atoms with Crippen LogP contribution < -0.4 is 0 Å². The van der Waals surface area contributed by atoms with E-state index >= 15 is 0 Å². The van der Waals surface area contributed by atoms with Crippen molar-refractivity contribution < 1.29 is 24.2 Å². The van der Waals surface area contributed by atoms with E-state index in [1.54, 1.807) is 28.2 Å². The van der Waals surface area contributed by atoms with Crippen molar-refractivity contribution >= 4 is 9.78 Å². The van der Waals surface area contributed by atoms with Crippen molar-refractivity contribution in [3.63, 3.8) is 0 Å². The quantitative estimate of drug-likeness (QED) is 0.269. The number of hydrogen-bond acceptors (Lipinski definition) is 0. The molecule has 2 aromatic carbocycles. The molecule has 0 aliphatic heterocycles. The standard InChI is InChI=1S/C29H37.C12H19.C6H5.CH3.CH2.Zr/c1-18-25-22-17-19-13-9-10-14-20(19)24(22)21-15-11-12-16-23(21)29(25,8)28(6,7)27(4,5)26(18,2)3;1-5-6-10-7-8-11(9-10)12(2,3)4;1-2-4-6-5-3-1;;;/h9-11,13-15,23H,12,16-17H2,1-8H3;8-10H,5-6H2,1-4H3;1-5H;1H3;1H2;/q4*-1;;. The minimum atomic E-state index is 0. The first-order valence-corrected chi connectivity index (χ1v) is 20.4. The normalized spacial score (nSPS) is 25.8. The summed E-state index contributed by atoms with van der Waals surface area (Å²) in [5.41, 5.74) is 12.0. The van der Waals surface area contributed by atoms with Gasteiger partial charge in [0.25, 0.3) is 0 Å². The van der Waals surface area contributed by atoms with Crippen LogP contribution in [0.4, 0.5) is 0 Å². The van der Waals surface area contributed by atoms with Crippen LogP contribution >= 0.6 is 0 Å². The second-order valence-corrected chi connectivity index (χ2v) is 17.4. The van der Waals surface area contributed by atoms with E-state index < -0.39 is 0 Å². The molecule has 1 heteroatoms. The number of benzene rings is 2. The summed E-state index contributed by atoms with van der Waals surface area (Å²) >= 11 is 1.30. The van der Waals surface area contributed by atoms with Gasteiger partial charge in [0.1, 0.15) is 0 Å². The molecule has 0 saturated heterocycles. The van der Waals surface area contributed by atoms with Gasteiger partial charge in [0.05, 0.1) is 0 Å². The van der Waals surface area contributed by atoms with E-state index in [0.29, 0.717) is 17.3 Å². The van der Waals surface area contributed by atoms with Crippen LogP contribution in [0.1, 0.15) is 120 Å². The fourth-order valence-electron chi connectivity index (χ4n) is 9.36. The predicted octanol–water partition coefficient (Wildman–Crippen LogP) is 13.6. The Morgan fingerprint density at radius 3 is 2.10 bits per heavy atom. The van der Waals surface area contributed by atoms with Crippen LogP contribution in [0.15, 0.2) is 101 Å². The van der Waals surface area contributed by atoms with Crippen molar-refractivity contribution in [2.24, 2.45) is 38.9 Å². The zero-order valence-corrected chi connectivity index (χ0v) is 36.4. The van der Waals surface area contributed by atoms with Crippen LogP contribution in [0.3, 0.4) is 0 Å². The first-order valence-electron chi connectivity index (χ1n) is 18.7. The SMILES string of the molecule is CCCC1[C-]=CC(C(C)(C)C)=C1.C[C-]1C2=C3Cc4ccccc4C3=C3C=CCCC3C2(C)C(C)(C)C(C)(C)C1(C)C.[CH2]=[Zr].[CH3-].[c-]1ccccc1. The molecule has 5 aliphatic rings. The Balaban J connectivity index is 0.000000266. The second kappa shape index (κ2) is 16.2. The number of rotatable bonds is 2. The van der Waals surface area contributed by atoms with Crippen molar-refractivity contribution in [2.75, 3.05) is 0 Å². The Bertz CT molecular complexity index is 1590. The van der Waals surface area contributed by atoms with Gasteiger partial charge in [0.15, 0.2) is 0 Å². The molecule has 5 aliphatic carbocycles. The van der Waals surface area contributed by atoms with Gasteiger partial charge in [-0.1, -0.05) is 165 Å². The van der Waals surface area contributed by atoms with Gasteiger partial charge in [0.2, 0.25) is 0 Å². The molecular weight excluding hydrogens is 680 g/mol. The smallest absolute Gasteiger partial charge is 0.171 e. The third-order valence-corrected chi connectivity index (χ3v) is 13.7. The van der Waals surface area contributed by atoms with Gasteiger partial charge in [-0.25, -0.2) is 12.0 Å². The average molecular weight is 746 g/mol. The van der Waals surface area contributed by atoms with E-state index in [1.807, 2.05) is 30.3 Å². The topological polar surface area (TPSA) is 0 Å². The largest absolute Gasteiger partial charge is 0.358 e. The average Bonchev–Trinajstić information content (AvgIpc) is 3.72. The monoisotopic (exact) mass is 744 g/mol. The van der Waals surface area contributed by atoms with Crippen molar-refractivity contribution in [2.45, 2.75) is 115 Å². The molecule has 7 rings (SSSR count). The maximum atomic E-state index is 3.40. The van der Waals surface area contributed by atoms with Crippen molar-refractivity contribution in [3.8, 4) is 0 Å². The Labute approximate surface area is 324 Å². The van der Waals surface area contributed by atoms with Gasteiger partial charge >= 0.3 is 28.4 Å². The summed E-state index contributed by atoms with van der Waals surface area (Å²) in [6.45, 7) is 29.3. The molecule has 0 heterocycles. The molecule has 0 amide bonds. The van der Waals surface area contributed by atoms with Crippen LogP contribution in [0.5, 0.6) is 0 Å². The molecule has 0 N–H and O–H groups in total.